The lowest BCUT2D eigenvalue weighted by atomic mass is 10.1. The van der Waals surface area contributed by atoms with Gasteiger partial charge in [-0.25, -0.2) is 8.78 Å². The van der Waals surface area contributed by atoms with Gasteiger partial charge in [0.1, 0.15) is 0 Å². The summed E-state index contributed by atoms with van der Waals surface area (Å²) >= 11 is 0. The first kappa shape index (κ1) is 15.9. The van der Waals surface area contributed by atoms with Crippen molar-refractivity contribution in [2.24, 2.45) is 0 Å². The van der Waals surface area contributed by atoms with Gasteiger partial charge >= 0.3 is 0 Å². The number of carbonyl (C=O) groups excluding carboxylic acids is 1. The Morgan fingerprint density at radius 2 is 2.00 bits per heavy atom. The minimum absolute atomic E-state index is 0.00469. The lowest BCUT2D eigenvalue weighted by Gasteiger charge is -2.32. The number of hydrogen-bond donors (Lipinski definition) is 1. The summed E-state index contributed by atoms with van der Waals surface area (Å²) in [7, 11) is 0. The van der Waals surface area contributed by atoms with Gasteiger partial charge in [0, 0.05) is 13.1 Å². The predicted molar refractivity (Wildman–Crippen MR) is 72.7 cm³/mol. The zero-order valence-corrected chi connectivity index (χ0v) is 11.7. The van der Waals surface area contributed by atoms with E-state index in [1.807, 2.05) is 0 Å². The number of aliphatic hydroxyl groups excluding tert-OH is 1. The highest BCUT2D eigenvalue weighted by atomic mass is 19.2. The van der Waals surface area contributed by atoms with Gasteiger partial charge in [0.15, 0.2) is 11.6 Å². The van der Waals surface area contributed by atoms with Crippen LogP contribution < -0.4 is 0 Å². The van der Waals surface area contributed by atoms with Crippen LogP contribution in [0.2, 0.25) is 0 Å². The Bertz CT molecular complexity index is 488. The molecule has 0 atom stereocenters. The van der Waals surface area contributed by atoms with Gasteiger partial charge < -0.3 is 14.7 Å². The predicted octanol–water partition coefficient (Wildman–Crippen LogP) is 1.51. The SMILES string of the molecule is O=C(Cc1ccc(F)c(F)c1)N1CCC(OCCO)CC1. The lowest BCUT2D eigenvalue weighted by Crippen LogP contribution is -2.41. The van der Waals surface area contributed by atoms with Gasteiger partial charge in [-0.2, -0.15) is 0 Å². The van der Waals surface area contributed by atoms with E-state index in [0.717, 1.165) is 25.0 Å². The quantitative estimate of drug-likeness (QED) is 0.896. The fraction of sp³-hybridized carbons (Fsp3) is 0.533. The van der Waals surface area contributed by atoms with Gasteiger partial charge in [0.25, 0.3) is 0 Å². The van der Waals surface area contributed by atoms with E-state index in [-0.39, 0.29) is 25.0 Å². The van der Waals surface area contributed by atoms with Crippen molar-refractivity contribution in [3.05, 3.63) is 35.4 Å². The Morgan fingerprint density at radius 3 is 2.62 bits per heavy atom. The highest BCUT2D eigenvalue weighted by molar-refractivity contribution is 5.78. The molecule has 1 heterocycles. The average molecular weight is 299 g/mol. The second kappa shape index (κ2) is 7.47. The third kappa shape index (κ3) is 4.47. The molecule has 4 nitrogen and oxygen atoms in total. The van der Waals surface area contributed by atoms with Crippen LogP contribution in [-0.2, 0) is 16.0 Å². The fourth-order valence-corrected chi connectivity index (χ4v) is 2.43. The first-order valence-corrected chi connectivity index (χ1v) is 7.04. The second-order valence-corrected chi connectivity index (χ2v) is 5.10. The Balaban J connectivity index is 1.83. The Labute approximate surface area is 122 Å². The third-order valence-corrected chi connectivity index (χ3v) is 3.58. The zero-order chi connectivity index (χ0) is 15.2. The maximum atomic E-state index is 13.1. The van der Waals surface area contributed by atoms with Crippen LogP contribution >= 0.6 is 0 Å². The summed E-state index contributed by atoms with van der Waals surface area (Å²) < 4.78 is 31.4. The van der Waals surface area contributed by atoms with E-state index in [4.69, 9.17) is 9.84 Å². The van der Waals surface area contributed by atoms with Gasteiger partial charge in [-0.1, -0.05) is 6.07 Å². The number of amides is 1. The van der Waals surface area contributed by atoms with Crippen molar-refractivity contribution < 1.29 is 23.4 Å². The van der Waals surface area contributed by atoms with Crippen molar-refractivity contribution in [1.82, 2.24) is 4.90 Å². The molecule has 1 saturated heterocycles. The number of aliphatic hydroxyl groups is 1. The fourth-order valence-electron chi connectivity index (χ4n) is 2.43. The second-order valence-electron chi connectivity index (χ2n) is 5.10. The van der Waals surface area contributed by atoms with Crippen molar-refractivity contribution in [1.29, 1.82) is 0 Å². The number of piperidine rings is 1. The highest BCUT2D eigenvalue weighted by Crippen LogP contribution is 2.16. The molecule has 1 amide bonds. The number of carbonyl (C=O) groups is 1. The summed E-state index contributed by atoms with van der Waals surface area (Å²) in [4.78, 5) is 13.8. The first-order chi connectivity index (χ1) is 10.1. The van der Waals surface area contributed by atoms with E-state index in [1.165, 1.54) is 6.07 Å². The molecule has 1 aromatic rings. The minimum atomic E-state index is -0.934. The first-order valence-electron chi connectivity index (χ1n) is 7.04. The molecule has 0 saturated carbocycles. The van der Waals surface area contributed by atoms with Crippen LogP contribution in [0.4, 0.5) is 8.78 Å². The Hall–Kier alpha value is -1.53. The molecule has 6 heteroatoms. The maximum absolute atomic E-state index is 13.1. The molecule has 1 aromatic carbocycles. The summed E-state index contributed by atoms with van der Waals surface area (Å²) in [5, 5.41) is 8.70. The number of hydrogen-bond acceptors (Lipinski definition) is 3. The number of benzene rings is 1. The summed E-state index contributed by atoms with van der Waals surface area (Å²) in [5.74, 6) is -1.94. The van der Waals surface area contributed by atoms with Gasteiger partial charge in [0.05, 0.1) is 25.7 Å². The van der Waals surface area contributed by atoms with Crippen LogP contribution in [-0.4, -0.2) is 48.3 Å². The highest BCUT2D eigenvalue weighted by Gasteiger charge is 2.23. The van der Waals surface area contributed by atoms with Crippen molar-refractivity contribution in [2.45, 2.75) is 25.4 Å². The molecule has 0 unspecified atom stereocenters. The van der Waals surface area contributed by atoms with Gasteiger partial charge in [0.2, 0.25) is 5.91 Å². The van der Waals surface area contributed by atoms with Gasteiger partial charge in [-0.3, -0.25) is 4.79 Å². The van der Waals surface area contributed by atoms with Crippen LogP contribution in [0, 0.1) is 11.6 Å². The molecular formula is C15H19F2NO3. The molecule has 0 aromatic heterocycles. The van der Waals surface area contributed by atoms with E-state index in [1.54, 1.807) is 4.90 Å². The Morgan fingerprint density at radius 1 is 1.29 bits per heavy atom. The van der Waals surface area contributed by atoms with Crippen LogP contribution in [0.15, 0.2) is 18.2 Å². The molecule has 1 N–H and O–H groups in total. The lowest BCUT2D eigenvalue weighted by molar-refractivity contribution is -0.133. The molecule has 0 radical (unpaired) electrons. The number of halogens is 2. The molecule has 1 aliphatic rings. The van der Waals surface area contributed by atoms with Crippen molar-refractivity contribution in [3.63, 3.8) is 0 Å². The number of ether oxygens (including phenoxy) is 1. The van der Waals surface area contributed by atoms with Crippen molar-refractivity contribution in [3.8, 4) is 0 Å². The van der Waals surface area contributed by atoms with E-state index in [2.05, 4.69) is 0 Å². The molecular weight excluding hydrogens is 280 g/mol. The maximum Gasteiger partial charge on any atom is 0.226 e. The third-order valence-electron chi connectivity index (χ3n) is 3.58. The summed E-state index contributed by atoms with van der Waals surface area (Å²) in [6.07, 6.45) is 1.59. The number of nitrogens with zero attached hydrogens (tertiary/aromatic N) is 1. The molecule has 2 rings (SSSR count). The number of rotatable bonds is 5. The van der Waals surface area contributed by atoms with Crippen LogP contribution in [0.5, 0.6) is 0 Å². The van der Waals surface area contributed by atoms with Gasteiger partial charge in [-0.05, 0) is 30.5 Å². The molecule has 21 heavy (non-hydrogen) atoms. The molecule has 0 aliphatic carbocycles. The minimum Gasteiger partial charge on any atom is -0.394 e. The average Bonchev–Trinajstić information content (AvgIpc) is 2.49. The number of likely N-dealkylation sites (tertiary alicyclic amines) is 1. The van der Waals surface area contributed by atoms with Crippen LogP contribution in [0.25, 0.3) is 0 Å². The van der Waals surface area contributed by atoms with E-state index in [0.29, 0.717) is 25.3 Å². The monoisotopic (exact) mass is 299 g/mol. The van der Waals surface area contributed by atoms with E-state index < -0.39 is 11.6 Å². The van der Waals surface area contributed by atoms with E-state index >= 15 is 0 Å². The molecule has 1 aliphatic heterocycles. The zero-order valence-electron chi connectivity index (χ0n) is 11.7. The normalized spacial score (nSPS) is 16.2. The smallest absolute Gasteiger partial charge is 0.226 e. The topological polar surface area (TPSA) is 49.8 Å². The van der Waals surface area contributed by atoms with Crippen LogP contribution in [0.1, 0.15) is 18.4 Å². The molecule has 0 spiro atoms. The van der Waals surface area contributed by atoms with Crippen LogP contribution in [0.3, 0.4) is 0 Å². The summed E-state index contributed by atoms with van der Waals surface area (Å²) in [6, 6.07) is 3.52. The molecule has 116 valence electrons. The molecule has 0 bridgehead atoms. The van der Waals surface area contributed by atoms with Crippen molar-refractivity contribution in [2.75, 3.05) is 26.3 Å². The largest absolute Gasteiger partial charge is 0.394 e. The molecule has 1 fully saturated rings. The summed E-state index contributed by atoms with van der Waals surface area (Å²) in [5.41, 5.74) is 0.470. The van der Waals surface area contributed by atoms with Crippen molar-refractivity contribution >= 4 is 5.91 Å². The van der Waals surface area contributed by atoms with Gasteiger partial charge in [-0.15, -0.1) is 0 Å². The summed E-state index contributed by atoms with van der Waals surface area (Å²) in [6.45, 7) is 1.47. The van der Waals surface area contributed by atoms with E-state index in [9.17, 15) is 13.6 Å². The standard InChI is InChI=1S/C15H19F2NO3/c16-13-2-1-11(9-14(13)17)10-15(20)18-5-3-12(4-6-18)21-8-7-19/h1-2,9,12,19H,3-8,10H2. The Kier molecular flexibility index (Phi) is 5.64.